The third-order valence-electron chi connectivity index (χ3n) is 3.64. The van der Waals surface area contributed by atoms with Crippen molar-refractivity contribution in [2.75, 3.05) is 6.61 Å². The van der Waals surface area contributed by atoms with E-state index in [0.717, 1.165) is 29.5 Å². The lowest BCUT2D eigenvalue weighted by molar-refractivity contribution is -0.117. The predicted molar refractivity (Wildman–Crippen MR) is 92.1 cm³/mol. The number of hydrogen-bond donors (Lipinski definition) is 3. The van der Waals surface area contributed by atoms with E-state index in [0.29, 0.717) is 17.9 Å². The molecule has 0 aromatic carbocycles. The van der Waals surface area contributed by atoms with Gasteiger partial charge in [-0.3, -0.25) is 9.36 Å². The van der Waals surface area contributed by atoms with Crippen molar-refractivity contribution >= 4 is 13.5 Å². The second-order valence-corrected chi connectivity index (χ2v) is 7.42. The van der Waals surface area contributed by atoms with Crippen molar-refractivity contribution in [3.8, 4) is 16.9 Å². The van der Waals surface area contributed by atoms with Gasteiger partial charge >= 0.3 is 7.60 Å². The highest BCUT2D eigenvalue weighted by Crippen LogP contribution is 2.42. The van der Waals surface area contributed by atoms with Gasteiger partial charge < -0.3 is 20.3 Å². The average molecular weight is 351 g/mol. The Morgan fingerprint density at radius 2 is 1.92 bits per heavy atom. The lowest BCUT2D eigenvalue weighted by atomic mass is 10.1. The molecule has 4 N–H and O–H groups in total. The van der Waals surface area contributed by atoms with Crippen LogP contribution in [-0.2, 0) is 21.9 Å². The van der Waals surface area contributed by atoms with Crippen LogP contribution in [0.3, 0.4) is 0 Å². The van der Waals surface area contributed by atoms with E-state index in [-0.39, 0.29) is 12.6 Å². The molecule has 0 radical (unpaired) electrons. The van der Waals surface area contributed by atoms with Gasteiger partial charge in [-0.1, -0.05) is 37.6 Å². The van der Waals surface area contributed by atoms with Crippen molar-refractivity contribution in [1.82, 2.24) is 0 Å². The van der Waals surface area contributed by atoms with E-state index in [1.807, 2.05) is 12.1 Å². The Bertz CT molecular complexity index is 740. The first kappa shape index (κ1) is 18.5. The van der Waals surface area contributed by atoms with Gasteiger partial charge in [-0.15, -0.1) is 0 Å². The summed E-state index contributed by atoms with van der Waals surface area (Å²) >= 11 is 0. The van der Waals surface area contributed by atoms with E-state index in [2.05, 4.69) is 6.92 Å². The summed E-state index contributed by atoms with van der Waals surface area (Å²) in [5, 5.41) is 0. The summed E-state index contributed by atoms with van der Waals surface area (Å²) in [6.45, 7) is 2.57. The largest absolute Gasteiger partial charge is 0.493 e. The summed E-state index contributed by atoms with van der Waals surface area (Å²) < 4.78 is 17.1. The number of hydrogen-bond acceptors (Lipinski definition) is 3. The number of carbonyl (C=O) groups is 1. The molecule has 2 aliphatic carbocycles. The standard InChI is InChI=1S/C17H22NO5P/c1-2-3-8-23-16-9-12(11-24(20,21)22)4-6-14-13(10-17(18)19)5-7-15(14)16/h4-7,9H,2-3,8,10-11H2,1H3,(H2,18,19)(H2,20,21,22). The van der Waals surface area contributed by atoms with E-state index in [4.69, 9.17) is 10.5 Å². The molecule has 0 spiro atoms. The molecule has 6 nitrogen and oxygen atoms in total. The molecule has 0 aliphatic heterocycles. The van der Waals surface area contributed by atoms with Crippen LogP contribution in [0.5, 0.6) is 5.75 Å². The monoisotopic (exact) mass is 351 g/mol. The van der Waals surface area contributed by atoms with Crippen LogP contribution >= 0.6 is 7.60 Å². The first-order valence-corrected chi connectivity index (χ1v) is 9.60. The summed E-state index contributed by atoms with van der Waals surface area (Å²) in [6, 6.07) is 8.73. The van der Waals surface area contributed by atoms with Crippen molar-refractivity contribution < 1.29 is 23.9 Å². The van der Waals surface area contributed by atoms with Gasteiger partial charge in [0, 0.05) is 5.56 Å². The maximum Gasteiger partial charge on any atom is 0.329 e. The van der Waals surface area contributed by atoms with Crippen LogP contribution in [0.4, 0.5) is 0 Å². The Labute approximate surface area is 141 Å². The van der Waals surface area contributed by atoms with Crippen LogP contribution < -0.4 is 10.5 Å². The van der Waals surface area contributed by atoms with Crippen molar-refractivity contribution in [2.24, 2.45) is 5.73 Å². The Balaban J connectivity index is 2.46. The fourth-order valence-electron chi connectivity index (χ4n) is 2.56. The van der Waals surface area contributed by atoms with Gasteiger partial charge in [-0.2, -0.15) is 0 Å². The molecular weight excluding hydrogens is 329 g/mol. The molecule has 0 unspecified atom stereocenters. The smallest absolute Gasteiger partial charge is 0.329 e. The zero-order valence-corrected chi connectivity index (χ0v) is 14.5. The highest BCUT2D eigenvalue weighted by Gasteiger charge is 2.18. The molecule has 0 bridgehead atoms. The first-order chi connectivity index (χ1) is 11.3. The molecule has 0 aromatic heterocycles. The molecule has 130 valence electrons. The zero-order valence-electron chi connectivity index (χ0n) is 13.6. The molecular formula is C17H22NO5P. The van der Waals surface area contributed by atoms with Crippen LogP contribution in [0.1, 0.15) is 30.9 Å². The lowest BCUT2D eigenvalue weighted by Crippen LogP contribution is -2.13. The molecule has 0 fully saturated rings. The number of nitrogens with two attached hydrogens (primary N) is 1. The van der Waals surface area contributed by atoms with Gasteiger partial charge in [0.1, 0.15) is 5.75 Å². The van der Waals surface area contributed by atoms with Crippen LogP contribution in [0.25, 0.3) is 11.1 Å². The molecule has 0 atom stereocenters. The summed E-state index contributed by atoms with van der Waals surface area (Å²) in [7, 11) is -4.19. The molecule has 2 rings (SSSR count). The van der Waals surface area contributed by atoms with Gasteiger partial charge in [0.15, 0.2) is 0 Å². The molecule has 1 amide bonds. The van der Waals surface area contributed by atoms with Gasteiger partial charge in [-0.25, -0.2) is 0 Å². The van der Waals surface area contributed by atoms with Crippen LogP contribution in [-0.4, -0.2) is 22.3 Å². The predicted octanol–water partition coefficient (Wildman–Crippen LogP) is 2.68. The highest BCUT2D eigenvalue weighted by atomic mass is 31.2. The second-order valence-electron chi connectivity index (χ2n) is 5.77. The minimum atomic E-state index is -4.19. The van der Waals surface area contributed by atoms with Crippen molar-refractivity contribution in [1.29, 1.82) is 0 Å². The molecule has 0 aromatic rings. The van der Waals surface area contributed by atoms with Crippen LogP contribution in [0.2, 0.25) is 0 Å². The molecule has 0 saturated carbocycles. The minimum absolute atomic E-state index is 0.107. The Morgan fingerprint density at radius 1 is 1.21 bits per heavy atom. The second kappa shape index (κ2) is 7.79. The quantitative estimate of drug-likeness (QED) is 0.500. The number of carbonyl (C=O) groups excluding carboxylic acids is 1. The van der Waals surface area contributed by atoms with Crippen molar-refractivity contribution in [2.45, 2.75) is 32.3 Å². The fourth-order valence-corrected chi connectivity index (χ4v) is 3.23. The van der Waals surface area contributed by atoms with Crippen molar-refractivity contribution in [3.63, 3.8) is 0 Å². The number of fused-ring (bicyclic) bond motifs is 1. The van der Waals surface area contributed by atoms with Gasteiger partial charge in [-0.05, 0) is 29.2 Å². The highest BCUT2D eigenvalue weighted by molar-refractivity contribution is 7.50. The number of unbranched alkanes of at least 4 members (excludes halogenated alkanes) is 1. The average Bonchev–Trinajstić information content (AvgIpc) is 2.76. The minimum Gasteiger partial charge on any atom is -0.493 e. The molecule has 24 heavy (non-hydrogen) atoms. The van der Waals surface area contributed by atoms with E-state index < -0.39 is 13.5 Å². The maximum atomic E-state index is 11.3. The van der Waals surface area contributed by atoms with E-state index in [9.17, 15) is 19.1 Å². The van der Waals surface area contributed by atoms with Crippen molar-refractivity contribution in [3.05, 3.63) is 41.5 Å². The zero-order chi connectivity index (χ0) is 17.7. The Morgan fingerprint density at radius 3 is 2.54 bits per heavy atom. The Kier molecular flexibility index (Phi) is 5.99. The van der Waals surface area contributed by atoms with E-state index >= 15 is 0 Å². The summed E-state index contributed by atoms with van der Waals surface area (Å²) in [4.78, 5) is 29.7. The fraction of sp³-hybridized carbons (Fsp3) is 0.353. The molecule has 0 saturated heterocycles. The first-order valence-electron chi connectivity index (χ1n) is 7.80. The summed E-state index contributed by atoms with van der Waals surface area (Å²) in [6.07, 6.45) is 1.60. The number of ether oxygens (including phenoxy) is 1. The topological polar surface area (TPSA) is 110 Å². The number of rotatable bonds is 8. The number of primary amides is 1. The van der Waals surface area contributed by atoms with Crippen LogP contribution in [0, 0.1) is 0 Å². The maximum absolute atomic E-state index is 11.3. The SMILES string of the molecule is CCCCOc1cc(CP(=O)(O)O)ccc2c(CC(N)=O)ccc1-2. The van der Waals surface area contributed by atoms with E-state index in [1.165, 1.54) is 0 Å². The third kappa shape index (κ3) is 5.06. The van der Waals surface area contributed by atoms with Gasteiger partial charge in [0.2, 0.25) is 5.91 Å². The third-order valence-corrected chi connectivity index (χ3v) is 4.42. The molecule has 2 aliphatic rings. The molecule has 7 heteroatoms. The Hall–Kier alpha value is -1.88. The lowest BCUT2D eigenvalue weighted by Gasteiger charge is -2.09. The van der Waals surface area contributed by atoms with Gasteiger partial charge in [0.25, 0.3) is 0 Å². The number of amides is 1. The van der Waals surface area contributed by atoms with Crippen LogP contribution in [0.15, 0.2) is 30.3 Å². The van der Waals surface area contributed by atoms with E-state index in [1.54, 1.807) is 18.2 Å². The normalized spacial score (nSPS) is 11.6. The summed E-state index contributed by atoms with van der Waals surface area (Å²) in [5.41, 5.74) is 8.15. The van der Waals surface area contributed by atoms with Gasteiger partial charge in [0.05, 0.1) is 19.2 Å². The molecule has 0 heterocycles. The summed E-state index contributed by atoms with van der Waals surface area (Å²) in [5.74, 6) is 0.125.